The highest BCUT2D eigenvalue weighted by atomic mass is 79.9. The van der Waals surface area contributed by atoms with Gasteiger partial charge in [0.1, 0.15) is 5.82 Å². The van der Waals surface area contributed by atoms with Crippen molar-refractivity contribution in [3.05, 3.63) is 44.7 Å². The Balaban J connectivity index is 1.98. The minimum absolute atomic E-state index is 0.250. The van der Waals surface area contributed by atoms with E-state index in [1.807, 2.05) is 11.4 Å². The molecule has 0 unspecified atom stereocenters. The fraction of sp³-hybridized carbons (Fsp3) is 0.0909. The molecule has 2 heterocycles. The fourth-order valence-electron chi connectivity index (χ4n) is 1.19. The van der Waals surface area contributed by atoms with Crippen LogP contribution in [0.2, 0.25) is 0 Å². The monoisotopic (exact) mass is 349 g/mol. The van der Waals surface area contributed by atoms with E-state index in [0.29, 0.717) is 0 Å². The molecule has 100 valence electrons. The average molecular weight is 350 g/mol. The van der Waals surface area contributed by atoms with Gasteiger partial charge in [-0.1, -0.05) is 0 Å². The van der Waals surface area contributed by atoms with E-state index in [0.717, 1.165) is 21.6 Å². The Bertz CT molecular complexity index is 578. The summed E-state index contributed by atoms with van der Waals surface area (Å²) in [6, 6.07) is 4.05. The third kappa shape index (κ3) is 4.03. The first kappa shape index (κ1) is 14.0. The van der Waals surface area contributed by atoms with Crippen molar-refractivity contribution in [3.63, 3.8) is 0 Å². The lowest BCUT2D eigenvalue weighted by Gasteiger charge is -2.06. The fourth-order valence-corrected chi connectivity index (χ4v) is 2.49. The van der Waals surface area contributed by atoms with Gasteiger partial charge in [-0.3, -0.25) is 5.43 Å². The van der Waals surface area contributed by atoms with Gasteiger partial charge in [0.15, 0.2) is 0 Å². The van der Waals surface area contributed by atoms with Crippen molar-refractivity contribution in [2.45, 2.75) is 6.18 Å². The van der Waals surface area contributed by atoms with Crippen molar-refractivity contribution in [1.82, 2.24) is 4.98 Å². The van der Waals surface area contributed by atoms with Crippen molar-refractivity contribution in [2.24, 2.45) is 5.10 Å². The van der Waals surface area contributed by atoms with Crippen LogP contribution in [0.25, 0.3) is 0 Å². The maximum atomic E-state index is 12.3. The third-order valence-corrected chi connectivity index (χ3v) is 3.68. The van der Waals surface area contributed by atoms with Crippen LogP contribution < -0.4 is 5.43 Å². The maximum Gasteiger partial charge on any atom is 0.417 e. The first-order valence-electron chi connectivity index (χ1n) is 5.01. The molecule has 0 atom stereocenters. The summed E-state index contributed by atoms with van der Waals surface area (Å²) in [7, 11) is 0. The molecule has 0 aliphatic carbocycles. The number of thiophene rings is 1. The lowest BCUT2D eigenvalue weighted by molar-refractivity contribution is -0.137. The van der Waals surface area contributed by atoms with E-state index in [2.05, 4.69) is 31.4 Å². The topological polar surface area (TPSA) is 37.3 Å². The molecule has 2 aromatic heterocycles. The first-order chi connectivity index (χ1) is 8.95. The Morgan fingerprint density at radius 3 is 2.68 bits per heavy atom. The van der Waals surface area contributed by atoms with Gasteiger partial charge in [-0.15, -0.1) is 11.3 Å². The Kier molecular flexibility index (Phi) is 4.20. The molecule has 0 aliphatic heterocycles. The van der Waals surface area contributed by atoms with Crippen molar-refractivity contribution < 1.29 is 13.2 Å². The largest absolute Gasteiger partial charge is 0.417 e. The zero-order chi connectivity index (χ0) is 13.9. The van der Waals surface area contributed by atoms with E-state index < -0.39 is 11.7 Å². The van der Waals surface area contributed by atoms with Crippen LogP contribution in [0.5, 0.6) is 0 Å². The van der Waals surface area contributed by atoms with Crippen LogP contribution in [0.15, 0.2) is 39.4 Å². The molecule has 2 rings (SSSR count). The number of anilines is 1. The lowest BCUT2D eigenvalue weighted by Crippen LogP contribution is -2.05. The molecule has 1 N–H and O–H groups in total. The highest BCUT2D eigenvalue weighted by Crippen LogP contribution is 2.28. The maximum absolute atomic E-state index is 12.3. The summed E-state index contributed by atoms with van der Waals surface area (Å²) in [5.41, 5.74) is 1.78. The summed E-state index contributed by atoms with van der Waals surface area (Å²) >= 11 is 4.79. The van der Waals surface area contributed by atoms with E-state index in [-0.39, 0.29) is 5.82 Å². The summed E-state index contributed by atoms with van der Waals surface area (Å²) in [4.78, 5) is 4.54. The Morgan fingerprint density at radius 1 is 1.37 bits per heavy atom. The Labute approximate surface area is 119 Å². The molecule has 0 aliphatic rings. The number of aromatic nitrogens is 1. The van der Waals surface area contributed by atoms with Crippen LogP contribution in [-0.2, 0) is 6.18 Å². The minimum atomic E-state index is -4.38. The van der Waals surface area contributed by atoms with Crippen LogP contribution in [0, 0.1) is 0 Å². The molecule has 8 heteroatoms. The number of pyridine rings is 1. The van der Waals surface area contributed by atoms with Gasteiger partial charge < -0.3 is 0 Å². The van der Waals surface area contributed by atoms with Crippen molar-refractivity contribution >= 4 is 39.3 Å². The van der Waals surface area contributed by atoms with Gasteiger partial charge in [0, 0.05) is 20.9 Å². The highest BCUT2D eigenvalue weighted by molar-refractivity contribution is 9.10. The van der Waals surface area contributed by atoms with E-state index in [1.54, 1.807) is 6.21 Å². The van der Waals surface area contributed by atoms with E-state index >= 15 is 0 Å². The van der Waals surface area contributed by atoms with Crippen LogP contribution in [0.1, 0.15) is 10.4 Å². The summed E-state index contributed by atoms with van der Waals surface area (Å²) in [6.07, 6.45) is -2.05. The van der Waals surface area contributed by atoms with Gasteiger partial charge in [-0.05, 0) is 34.1 Å². The SMILES string of the molecule is FC(F)(F)c1ccc(N/N=C\c2cc(Br)cs2)nc1. The molecule has 2 aromatic rings. The van der Waals surface area contributed by atoms with Gasteiger partial charge in [-0.2, -0.15) is 18.3 Å². The molecule has 0 aromatic carbocycles. The van der Waals surface area contributed by atoms with Gasteiger partial charge >= 0.3 is 6.18 Å². The molecule has 0 saturated carbocycles. The van der Waals surface area contributed by atoms with E-state index in [4.69, 9.17) is 0 Å². The summed E-state index contributed by atoms with van der Waals surface area (Å²) < 4.78 is 37.9. The van der Waals surface area contributed by atoms with Crippen LogP contribution in [0.3, 0.4) is 0 Å². The smallest absolute Gasteiger partial charge is 0.261 e. The number of nitrogens with one attached hydrogen (secondary N) is 1. The zero-order valence-corrected chi connectivity index (χ0v) is 11.7. The molecule has 0 saturated heterocycles. The quantitative estimate of drug-likeness (QED) is 0.659. The van der Waals surface area contributed by atoms with Crippen LogP contribution in [-0.4, -0.2) is 11.2 Å². The Hall–Kier alpha value is -1.41. The summed E-state index contributed by atoms with van der Waals surface area (Å²) in [5, 5.41) is 5.79. The van der Waals surface area contributed by atoms with Crippen molar-refractivity contribution in [2.75, 3.05) is 5.43 Å². The molecule has 3 nitrogen and oxygen atoms in total. The molecule has 0 spiro atoms. The predicted molar refractivity (Wildman–Crippen MR) is 72.5 cm³/mol. The average Bonchev–Trinajstić information content (AvgIpc) is 2.75. The van der Waals surface area contributed by atoms with Gasteiger partial charge in [0.2, 0.25) is 0 Å². The number of halogens is 4. The van der Waals surface area contributed by atoms with Gasteiger partial charge in [-0.25, -0.2) is 4.98 Å². The number of nitrogens with zero attached hydrogens (tertiary/aromatic N) is 2. The second kappa shape index (κ2) is 5.70. The van der Waals surface area contributed by atoms with E-state index in [9.17, 15) is 13.2 Å². The normalized spacial score (nSPS) is 12.0. The molecule has 0 fully saturated rings. The number of hydrazone groups is 1. The Morgan fingerprint density at radius 2 is 2.16 bits per heavy atom. The minimum Gasteiger partial charge on any atom is -0.261 e. The number of alkyl halides is 3. The highest BCUT2D eigenvalue weighted by Gasteiger charge is 2.30. The molecule has 0 amide bonds. The predicted octanol–water partition coefficient (Wildman–Crippen LogP) is 4.37. The van der Waals surface area contributed by atoms with Gasteiger partial charge in [0.25, 0.3) is 0 Å². The molecule has 0 radical (unpaired) electrons. The van der Waals surface area contributed by atoms with Gasteiger partial charge in [0.05, 0.1) is 11.8 Å². The second-order valence-corrected chi connectivity index (χ2v) is 5.33. The first-order valence-corrected chi connectivity index (χ1v) is 6.69. The van der Waals surface area contributed by atoms with Crippen LogP contribution >= 0.6 is 27.3 Å². The van der Waals surface area contributed by atoms with Crippen molar-refractivity contribution in [1.29, 1.82) is 0 Å². The van der Waals surface area contributed by atoms with E-state index in [1.165, 1.54) is 17.4 Å². The molecular weight excluding hydrogens is 343 g/mol. The zero-order valence-electron chi connectivity index (χ0n) is 9.28. The number of rotatable bonds is 3. The number of hydrogen-bond donors (Lipinski definition) is 1. The van der Waals surface area contributed by atoms with Crippen molar-refractivity contribution in [3.8, 4) is 0 Å². The number of hydrogen-bond acceptors (Lipinski definition) is 4. The lowest BCUT2D eigenvalue weighted by atomic mass is 10.3. The van der Waals surface area contributed by atoms with Crippen LogP contribution in [0.4, 0.5) is 19.0 Å². The molecular formula is C11H7BrF3N3S. The second-order valence-electron chi connectivity index (χ2n) is 3.47. The molecule has 19 heavy (non-hydrogen) atoms. The standard InChI is InChI=1S/C11H7BrF3N3S/c12-8-3-9(19-6-8)5-17-18-10-2-1-7(4-16-10)11(13,14)15/h1-6H,(H,16,18)/b17-5-. The summed E-state index contributed by atoms with van der Waals surface area (Å²) in [6.45, 7) is 0. The molecule has 0 bridgehead atoms. The third-order valence-electron chi connectivity index (χ3n) is 2.05. The summed E-state index contributed by atoms with van der Waals surface area (Å²) in [5.74, 6) is 0.250.